The molecular weight excluding hydrogens is 300 g/mol. The van der Waals surface area contributed by atoms with Gasteiger partial charge in [-0.15, -0.1) is 0 Å². The summed E-state index contributed by atoms with van der Waals surface area (Å²) in [7, 11) is -3.63. The van der Waals surface area contributed by atoms with Crippen molar-refractivity contribution in [2.45, 2.75) is 58.1 Å². The average Bonchev–Trinajstić information content (AvgIpc) is 2.46. The van der Waals surface area contributed by atoms with E-state index in [2.05, 4.69) is 9.44 Å². The highest BCUT2D eigenvalue weighted by atomic mass is 32.2. The highest BCUT2D eigenvalue weighted by Crippen LogP contribution is 2.37. The molecule has 1 aromatic carbocycles. The van der Waals surface area contributed by atoms with Crippen LogP contribution in [0.2, 0.25) is 0 Å². The fraction of sp³-hybridized carbons (Fsp3) is 0.625. The van der Waals surface area contributed by atoms with Crippen molar-refractivity contribution in [1.29, 1.82) is 0 Å². The maximum Gasteiger partial charge on any atom is 0.299 e. The van der Waals surface area contributed by atoms with Gasteiger partial charge in [-0.1, -0.05) is 37.5 Å². The van der Waals surface area contributed by atoms with Crippen LogP contribution in [0.5, 0.6) is 0 Å². The Morgan fingerprint density at radius 2 is 1.77 bits per heavy atom. The number of hydrogen-bond acceptors (Lipinski definition) is 3. The summed E-state index contributed by atoms with van der Waals surface area (Å²) in [4.78, 5) is 0. The molecule has 1 aromatic rings. The Bertz CT molecular complexity index is 581. The third-order valence-corrected chi connectivity index (χ3v) is 5.28. The summed E-state index contributed by atoms with van der Waals surface area (Å²) in [5.41, 5.74) is 1.11. The second-order valence-corrected chi connectivity index (χ2v) is 7.75. The van der Waals surface area contributed by atoms with Crippen molar-refractivity contribution in [2.75, 3.05) is 4.72 Å². The van der Waals surface area contributed by atoms with Crippen LogP contribution in [0.3, 0.4) is 0 Å². The molecule has 0 radical (unpaired) electrons. The van der Waals surface area contributed by atoms with Crippen molar-refractivity contribution in [2.24, 2.45) is 5.92 Å². The van der Waals surface area contributed by atoms with Crippen LogP contribution in [0.4, 0.5) is 5.69 Å². The number of aliphatic hydroxyl groups is 1. The van der Waals surface area contributed by atoms with Crippen LogP contribution in [0.1, 0.15) is 57.6 Å². The van der Waals surface area contributed by atoms with E-state index in [1.807, 2.05) is 6.07 Å². The summed E-state index contributed by atoms with van der Waals surface area (Å²) in [5, 5.41) is 10.6. The lowest BCUT2D eigenvalue weighted by atomic mass is 9.82. The van der Waals surface area contributed by atoms with Gasteiger partial charge in [0, 0.05) is 11.6 Å². The fourth-order valence-electron chi connectivity index (χ4n) is 3.04. The van der Waals surface area contributed by atoms with Gasteiger partial charge in [0.2, 0.25) is 0 Å². The van der Waals surface area contributed by atoms with E-state index in [9.17, 15) is 13.5 Å². The molecule has 0 amide bonds. The first-order valence-corrected chi connectivity index (χ1v) is 9.44. The lowest BCUT2D eigenvalue weighted by Crippen LogP contribution is -2.35. The molecule has 1 aliphatic rings. The second-order valence-electron chi connectivity index (χ2n) is 6.31. The van der Waals surface area contributed by atoms with Crippen molar-refractivity contribution in [3.8, 4) is 0 Å². The molecule has 0 aromatic heterocycles. The summed E-state index contributed by atoms with van der Waals surface area (Å²) >= 11 is 0. The summed E-state index contributed by atoms with van der Waals surface area (Å²) in [5.74, 6) is 0.206. The number of hydrogen-bond donors (Lipinski definition) is 3. The molecule has 1 unspecified atom stereocenters. The van der Waals surface area contributed by atoms with Gasteiger partial charge in [0.15, 0.2) is 0 Å². The van der Waals surface area contributed by atoms with Crippen LogP contribution in [0, 0.1) is 5.92 Å². The second kappa shape index (κ2) is 7.44. The molecule has 0 aliphatic heterocycles. The van der Waals surface area contributed by atoms with Crippen LogP contribution in [-0.4, -0.2) is 19.6 Å². The van der Waals surface area contributed by atoms with Crippen LogP contribution >= 0.6 is 0 Å². The van der Waals surface area contributed by atoms with Crippen LogP contribution in [-0.2, 0) is 10.2 Å². The Kier molecular flexibility index (Phi) is 5.83. The number of rotatable bonds is 6. The van der Waals surface area contributed by atoms with Crippen molar-refractivity contribution >= 4 is 15.9 Å². The molecule has 2 rings (SSSR count). The van der Waals surface area contributed by atoms with Gasteiger partial charge >= 0.3 is 0 Å². The van der Waals surface area contributed by atoms with E-state index < -0.39 is 16.3 Å². The van der Waals surface area contributed by atoms with E-state index in [1.165, 1.54) is 6.42 Å². The number of benzene rings is 1. The standard InChI is InChI=1S/C16H26N2O3S/c1-12(2)17-22(20,21)18-15-11-7-6-10-14(15)16(19)13-8-4-3-5-9-13/h6-7,10-13,16-19H,3-5,8-9H2,1-2H3. The quantitative estimate of drug-likeness (QED) is 0.752. The van der Waals surface area contributed by atoms with Crippen molar-refractivity contribution in [3.63, 3.8) is 0 Å². The molecule has 5 nitrogen and oxygen atoms in total. The van der Waals surface area contributed by atoms with Gasteiger partial charge in [0.05, 0.1) is 11.8 Å². The van der Waals surface area contributed by atoms with Crippen molar-refractivity contribution in [3.05, 3.63) is 29.8 Å². The Morgan fingerprint density at radius 3 is 2.41 bits per heavy atom. The van der Waals surface area contributed by atoms with Crippen LogP contribution in [0.25, 0.3) is 0 Å². The Hall–Kier alpha value is -1.11. The van der Waals surface area contributed by atoms with Gasteiger partial charge in [-0.3, -0.25) is 4.72 Å². The summed E-state index contributed by atoms with van der Waals surface area (Å²) in [6, 6.07) is 6.90. The monoisotopic (exact) mass is 326 g/mol. The minimum Gasteiger partial charge on any atom is -0.388 e. The average molecular weight is 326 g/mol. The molecule has 6 heteroatoms. The molecular formula is C16H26N2O3S. The molecule has 124 valence electrons. The van der Waals surface area contributed by atoms with Gasteiger partial charge in [-0.25, -0.2) is 0 Å². The number of nitrogens with one attached hydrogen (secondary N) is 2. The van der Waals surface area contributed by atoms with Crippen LogP contribution < -0.4 is 9.44 Å². The molecule has 1 aliphatic carbocycles. The van der Waals surface area contributed by atoms with E-state index in [0.717, 1.165) is 25.7 Å². The van der Waals surface area contributed by atoms with Gasteiger partial charge < -0.3 is 5.11 Å². The number of aliphatic hydroxyl groups excluding tert-OH is 1. The zero-order chi connectivity index (χ0) is 16.2. The van der Waals surface area contributed by atoms with E-state index in [4.69, 9.17) is 0 Å². The third-order valence-electron chi connectivity index (χ3n) is 4.01. The summed E-state index contributed by atoms with van der Waals surface area (Å²) < 4.78 is 29.1. The molecule has 0 bridgehead atoms. The lowest BCUT2D eigenvalue weighted by molar-refractivity contribution is 0.0854. The predicted molar refractivity (Wildman–Crippen MR) is 88.8 cm³/mol. The molecule has 0 saturated heterocycles. The van der Waals surface area contributed by atoms with Gasteiger partial charge in [0.25, 0.3) is 10.2 Å². The molecule has 22 heavy (non-hydrogen) atoms. The third kappa shape index (κ3) is 4.69. The SMILES string of the molecule is CC(C)NS(=O)(=O)Nc1ccccc1C(O)C1CCCCC1. The molecule has 1 saturated carbocycles. The Morgan fingerprint density at radius 1 is 1.14 bits per heavy atom. The topological polar surface area (TPSA) is 78.4 Å². The number of para-hydroxylation sites is 1. The summed E-state index contributed by atoms with van der Waals surface area (Å²) in [6.45, 7) is 3.53. The van der Waals surface area contributed by atoms with E-state index in [0.29, 0.717) is 11.3 Å². The van der Waals surface area contributed by atoms with E-state index in [1.54, 1.807) is 32.0 Å². The maximum absolute atomic E-state index is 12.1. The Balaban J connectivity index is 2.19. The lowest BCUT2D eigenvalue weighted by Gasteiger charge is -2.28. The molecule has 0 heterocycles. The highest BCUT2D eigenvalue weighted by molar-refractivity contribution is 7.90. The molecule has 3 N–H and O–H groups in total. The summed E-state index contributed by atoms with van der Waals surface area (Å²) in [6.07, 6.45) is 4.84. The minimum absolute atomic E-state index is 0.187. The van der Waals surface area contributed by atoms with E-state index >= 15 is 0 Å². The van der Waals surface area contributed by atoms with Crippen LogP contribution in [0.15, 0.2) is 24.3 Å². The zero-order valence-corrected chi connectivity index (χ0v) is 14.1. The van der Waals surface area contributed by atoms with E-state index in [-0.39, 0.29) is 12.0 Å². The normalized spacial score (nSPS) is 18.4. The highest BCUT2D eigenvalue weighted by Gasteiger charge is 2.25. The fourth-order valence-corrected chi connectivity index (χ4v) is 4.19. The first-order chi connectivity index (χ1) is 10.4. The van der Waals surface area contributed by atoms with Gasteiger partial charge in [-0.2, -0.15) is 13.1 Å². The first kappa shape index (κ1) is 17.2. The largest absolute Gasteiger partial charge is 0.388 e. The van der Waals surface area contributed by atoms with Gasteiger partial charge in [0.1, 0.15) is 0 Å². The minimum atomic E-state index is -3.63. The molecule has 1 atom stereocenters. The maximum atomic E-state index is 12.1. The predicted octanol–water partition coefficient (Wildman–Crippen LogP) is 2.96. The smallest absolute Gasteiger partial charge is 0.299 e. The van der Waals surface area contributed by atoms with Crippen molar-refractivity contribution in [1.82, 2.24) is 4.72 Å². The Labute approximate surface area is 133 Å². The number of anilines is 1. The molecule has 1 fully saturated rings. The molecule has 0 spiro atoms. The van der Waals surface area contributed by atoms with Crippen molar-refractivity contribution < 1.29 is 13.5 Å². The zero-order valence-electron chi connectivity index (χ0n) is 13.2. The van der Waals surface area contributed by atoms with Gasteiger partial charge in [-0.05, 0) is 38.7 Å². The first-order valence-electron chi connectivity index (χ1n) is 7.96.